The molecule has 1 unspecified atom stereocenters. The summed E-state index contributed by atoms with van der Waals surface area (Å²) in [4.78, 5) is 24.5. The Morgan fingerprint density at radius 1 is 1.10 bits per heavy atom. The van der Waals surface area contributed by atoms with Crippen LogP contribution in [-0.2, 0) is 4.79 Å². The van der Waals surface area contributed by atoms with Crippen LogP contribution in [0.15, 0.2) is 18.2 Å². The lowest BCUT2D eigenvalue weighted by Gasteiger charge is -2.56. The Hall–Kier alpha value is -2.18. The predicted molar refractivity (Wildman–Crippen MR) is 105 cm³/mol. The molecule has 0 heterocycles. The van der Waals surface area contributed by atoms with Crippen LogP contribution < -0.4 is 16.0 Å². The van der Waals surface area contributed by atoms with Gasteiger partial charge in [-0.25, -0.2) is 13.6 Å². The molecule has 4 aliphatic carbocycles. The number of urea groups is 1. The SMILES string of the molecule is CC(NC(=O)CCNC(=O)NC12CC3CC(CC(C3)C1)C2)c1ccc(F)cc1F. The average molecular weight is 405 g/mol. The highest BCUT2D eigenvalue weighted by Crippen LogP contribution is 2.55. The van der Waals surface area contributed by atoms with Crippen LogP contribution in [0.25, 0.3) is 0 Å². The van der Waals surface area contributed by atoms with Crippen molar-refractivity contribution in [2.45, 2.75) is 63.5 Å². The van der Waals surface area contributed by atoms with Crippen molar-refractivity contribution >= 4 is 11.9 Å². The Balaban J connectivity index is 1.21. The summed E-state index contributed by atoms with van der Waals surface area (Å²) in [6.45, 7) is 1.85. The van der Waals surface area contributed by atoms with Gasteiger partial charge in [-0.15, -0.1) is 0 Å². The number of rotatable bonds is 6. The van der Waals surface area contributed by atoms with Gasteiger partial charge >= 0.3 is 6.03 Å². The normalized spacial score (nSPS) is 30.7. The van der Waals surface area contributed by atoms with Crippen molar-refractivity contribution in [3.05, 3.63) is 35.4 Å². The van der Waals surface area contributed by atoms with Crippen molar-refractivity contribution < 1.29 is 18.4 Å². The lowest BCUT2D eigenvalue weighted by Crippen LogP contribution is -2.61. The van der Waals surface area contributed by atoms with E-state index in [9.17, 15) is 18.4 Å². The third-order valence-electron chi connectivity index (χ3n) is 6.86. The van der Waals surface area contributed by atoms with Gasteiger partial charge in [-0.2, -0.15) is 0 Å². The van der Waals surface area contributed by atoms with Crippen LogP contribution in [0, 0.1) is 29.4 Å². The molecule has 158 valence electrons. The first kappa shape index (κ1) is 20.1. The first-order valence-electron chi connectivity index (χ1n) is 10.6. The third kappa shape index (κ3) is 4.54. The highest BCUT2D eigenvalue weighted by Gasteiger charge is 2.51. The summed E-state index contributed by atoms with van der Waals surface area (Å²) >= 11 is 0. The number of hydrogen-bond acceptors (Lipinski definition) is 2. The van der Waals surface area contributed by atoms with E-state index >= 15 is 0 Å². The molecular formula is C22H29F2N3O2. The van der Waals surface area contributed by atoms with Gasteiger partial charge in [0.05, 0.1) is 6.04 Å². The highest BCUT2D eigenvalue weighted by molar-refractivity contribution is 5.78. The number of benzene rings is 1. The van der Waals surface area contributed by atoms with E-state index in [1.807, 2.05) is 0 Å². The van der Waals surface area contributed by atoms with Crippen LogP contribution in [0.2, 0.25) is 0 Å². The zero-order valence-corrected chi connectivity index (χ0v) is 16.8. The molecule has 1 aromatic carbocycles. The van der Waals surface area contributed by atoms with Crippen LogP contribution in [0.4, 0.5) is 13.6 Å². The molecule has 0 aliphatic heterocycles. The van der Waals surface area contributed by atoms with E-state index in [4.69, 9.17) is 0 Å². The Morgan fingerprint density at radius 2 is 1.72 bits per heavy atom. The number of halogens is 2. The maximum Gasteiger partial charge on any atom is 0.315 e. The number of carbonyl (C=O) groups is 2. The molecule has 0 aromatic heterocycles. The summed E-state index contributed by atoms with van der Waals surface area (Å²) in [5.74, 6) is 0.614. The monoisotopic (exact) mass is 405 g/mol. The fraction of sp³-hybridized carbons (Fsp3) is 0.636. The van der Waals surface area contributed by atoms with Crippen molar-refractivity contribution in [2.24, 2.45) is 17.8 Å². The van der Waals surface area contributed by atoms with Gasteiger partial charge in [-0.05, 0) is 69.3 Å². The largest absolute Gasteiger partial charge is 0.349 e. The van der Waals surface area contributed by atoms with Crippen molar-refractivity contribution in [1.29, 1.82) is 0 Å². The summed E-state index contributed by atoms with van der Waals surface area (Å²) in [6, 6.07) is 2.50. The smallest absolute Gasteiger partial charge is 0.315 e. The summed E-state index contributed by atoms with van der Waals surface area (Å²) in [5, 5.41) is 8.68. The van der Waals surface area contributed by atoms with Crippen molar-refractivity contribution in [1.82, 2.24) is 16.0 Å². The van der Waals surface area contributed by atoms with E-state index in [0.717, 1.165) is 49.1 Å². The molecule has 5 rings (SSSR count). The highest BCUT2D eigenvalue weighted by atomic mass is 19.1. The van der Waals surface area contributed by atoms with Gasteiger partial charge in [-0.3, -0.25) is 4.79 Å². The topological polar surface area (TPSA) is 70.2 Å². The minimum absolute atomic E-state index is 0.0598. The van der Waals surface area contributed by atoms with Crippen LogP contribution in [-0.4, -0.2) is 24.0 Å². The molecule has 4 saturated carbocycles. The second-order valence-corrected chi connectivity index (χ2v) is 9.28. The first-order valence-corrected chi connectivity index (χ1v) is 10.6. The predicted octanol–water partition coefficient (Wildman–Crippen LogP) is 3.80. The summed E-state index contributed by atoms with van der Waals surface area (Å²) in [6.07, 6.45) is 7.27. The van der Waals surface area contributed by atoms with E-state index in [2.05, 4.69) is 16.0 Å². The molecule has 1 atom stereocenters. The molecule has 1 aromatic rings. The molecule has 7 heteroatoms. The Kier molecular flexibility index (Phi) is 5.49. The number of nitrogens with one attached hydrogen (secondary N) is 3. The molecule has 0 saturated heterocycles. The van der Waals surface area contributed by atoms with Gasteiger partial charge in [0.25, 0.3) is 0 Å². The lowest BCUT2D eigenvalue weighted by atomic mass is 9.53. The van der Waals surface area contributed by atoms with Crippen LogP contribution in [0.3, 0.4) is 0 Å². The minimum Gasteiger partial charge on any atom is -0.349 e. The Morgan fingerprint density at radius 3 is 2.31 bits per heavy atom. The molecule has 4 aliphatic rings. The molecule has 3 amide bonds. The van der Waals surface area contributed by atoms with Crippen LogP contribution in [0.5, 0.6) is 0 Å². The lowest BCUT2D eigenvalue weighted by molar-refractivity contribution is -0.121. The average Bonchev–Trinajstić information content (AvgIpc) is 2.59. The molecular weight excluding hydrogens is 376 g/mol. The maximum absolute atomic E-state index is 13.8. The zero-order valence-electron chi connectivity index (χ0n) is 16.8. The maximum atomic E-state index is 13.8. The van der Waals surface area contributed by atoms with Crippen molar-refractivity contribution in [3.8, 4) is 0 Å². The second-order valence-electron chi connectivity index (χ2n) is 9.28. The zero-order chi connectivity index (χ0) is 20.6. The van der Waals surface area contributed by atoms with E-state index in [1.165, 1.54) is 25.3 Å². The molecule has 3 N–H and O–H groups in total. The van der Waals surface area contributed by atoms with E-state index in [0.29, 0.717) is 0 Å². The molecule has 0 radical (unpaired) electrons. The van der Waals surface area contributed by atoms with Gasteiger partial charge in [-0.1, -0.05) is 6.07 Å². The van der Waals surface area contributed by atoms with Gasteiger partial charge in [0, 0.05) is 30.1 Å². The summed E-state index contributed by atoms with van der Waals surface area (Å²) < 4.78 is 26.8. The van der Waals surface area contributed by atoms with Gasteiger partial charge in [0.15, 0.2) is 0 Å². The standard InChI is InChI=1S/C22H29F2N3O2/c1-13(18-3-2-17(23)9-19(18)24)26-20(28)4-5-25-21(29)27-22-10-14-6-15(11-22)8-16(7-14)12-22/h2-3,9,13-16H,4-8,10-12H2,1H3,(H,26,28)(H2,25,27,29). The number of amides is 3. The number of hydrogen-bond donors (Lipinski definition) is 3. The number of carbonyl (C=O) groups excluding carboxylic acids is 2. The molecule has 0 spiro atoms. The van der Waals surface area contributed by atoms with Crippen molar-refractivity contribution in [3.63, 3.8) is 0 Å². The van der Waals surface area contributed by atoms with Gasteiger partial charge < -0.3 is 16.0 Å². The molecule has 5 nitrogen and oxygen atoms in total. The summed E-state index contributed by atoms with van der Waals surface area (Å²) in [5.41, 5.74) is 0.169. The fourth-order valence-corrected chi connectivity index (χ4v) is 6.08. The van der Waals surface area contributed by atoms with Crippen molar-refractivity contribution in [2.75, 3.05) is 6.54 Å². The molecule has 4 fully saturated rings. The molecule has 29 heavy (non-hydrogen) atoms. The van der Waals surface area contributed by atoms with E-state index < -0.39 is 17.7 Å². The van der Waals surface area contributed by atoms with Crippen LogP contribution in [0.1, 0.15) is 63.5 Å². The van der Waals surface area contributed by atoms with E-state index in [1.54, 1.807) is 6.92 Å². The second kappa shape index (κ2) is 7.92. The third-order valence-corrected chi connectivity index (χ3v) is 6.86. The molecule has 4 bridgehead atoms. The van der Waals surface area contributed by atoms with E-state index in [-0.39, 0.29) is 36.0 Å². The Labute approximate surface area is 170 Å². The summed E-state index contributed by atoms with van der Waals surface area (Å²) in [7, 11) is 0. The quantitative estimate of drug-likeness (QED) is 0.674. The first-order chi connectivity index (χ1) is 13.8. The minimum atomic E-state index is -0.689. The van der Waals surface area contributed by atoms with Gasteiger partial charge in [0.2, 0.25) is 5.91 Å². The van der Waals surface area contributed by atoms with Gasteiger partial charge in [0.1, 0.15) is 11.6 Å². The van der Waals surface area contributed by atoms with Crippen LogP contribution >= 0.6 is 0 Å². The fourth-order valence-electron chi connectivity index (χ4n) is 6.08. The Bertz CT molecular complexity index is 763.